The van der Waals surface area contributed by atoms with Gasteiger partial charge < -0.3 is 14.4 Å². The lowest BCUT2D eigenvalue weighted by atomic mass is 10.2. The third kappa shape index (κ3) is 2.79. The van der Waals surface area contributed by atoms with E-state index < -0.39 is 5.97 Å². The second kappa shape index (κ2) is 5.34. The molecule has 1 aromatic carbocycles. The van der Waals surface area contributed by atoms with Crippen molar-refractivity contribution >= 4 is 12.3 Å². The highest BCUT2D eigenvalue weighted by molar-refractivity contribution is 5.87. The number of aromatic carboxylic acids is 1. The highest BCUT2D eigenvalue weighted by Gasteiger charge is 2.19. The van der Waals surface area contributed by atoms with Crippen LogP contribution in [0.25, 0.3) is 0 Å². The summed E-state index contributed by atoms with van der Waals surface area (Å²) < 4.78 is 10.3. The molecule has 1 N–H and O–H groups in total. The van der Waals surface area contributed by atoms with E-state index in [0.717, 1.165) is 0 Å². The first-order valence-electron chi connectivity index (χ1n) is 5.48. The van der Waals surface area contributed by atoms with Crippen LogP contribution in [0.2, 0.25) is 0 Å². The number of aromatic nitrogens is 1. The quantitative estimate of drug-likeness (QED) is 0.828. The Bertz CT molecular complexity index is 617. The van der Waals surface area contributed by atoms with Gasteiger partial charge in [-0.1, -0.05) is 17.3 Å². The molecule has 0 aliphatic rings. The van der Waals surface area contributed by atoms with Crippen molar-refractivity contribution < 1.29 is 24.0 Å². The van der Waals surface area contributed by atoms with E-state index in [-0.39, 0.29) is 12.3 Å². The van der Waals surface area contributed by atoms with E-state index in [0.29, 0.717) is 28.9 Å². The van der Waals surface area contributed by atoms with Crippen LogP contribution in [0.4, 0.5) is 0 Å². The van der Waals surface area contributed by atoms with Gasteiger partial charge >= 0.3 is 5.97 Å². The Kier molecular flexibility index (Phi) is 3.61. The largest absolute Gasteiger partial charge is 0.489 e. The first-order valence-corrected chi connectivity index (χ1v) is 5.48. The molecule has 2 rings (SSSR count). The molecule has 6 heteroatoms. The molecule has 1 aromatic heterocycles. The van der Waals surface area contributed by atoms with Gasteiger partial charge in [-0.2, -0.15) is 0 Å². The Balaban J connectivity index is 2.16. The van der Waals surface area contributed by atoms with E-state index in [4.69, 9.17) is 14.4 Å². The summed E-state index contributed by atoms with van der Waals surface area (Å²) >= 11 is 0. The van der Waals surface area contributed by atoms with E-state index >= 15 is 0 Å². The van der Waals surface area contributed by atoms with Crippen molar-refractivity contribution in [1.82, 2.24) is 5.16 Å². The first-order chi connectivity index (χ1) is 9.11. The van der Waals surface area contributed by atoms with Crippen molar-refractivity contribution in [2.45, 2.75) is 13.5 Å². The zero-order valence-corrected chi connectivity index (χ0v) is 10.1. The average Bonchev–Trinajstić information content (AvgIpc) is 2.78. The van der Waals surface area contributed by atoms with Gasteiger partial charge in [-0.15, -0.1) is 0 Å². The minimum absolute atomic E-state index is 0.0132. The number of hydrogen-bond donors (Lipinski definition) is 1. The highest BCUT2D eigenvalue weighted by atomic mass is 16.5. The monoisotopic (exact) mass is 261 g/mol. The van der Waals surface area contributed by atoms with Gasteiger partial charge in [0.15, 0.2) is 5.69 Å². The number of aryl methyl sites for hydroxylation is 1. The van der Waals surface area contributed by atoms with Gasteiger partial charge in [0.2, 0.25) is 0 Å². The highest BCUT2D eigenvalue weighted by Crippen LogP contribution is 2.18. The molecule has 19 heavy (non-hydrogen) atoms. The summed E-state index contributed by atoms with van der Waals surface area (Å²) in [5, 5.41) is 12.4. The molecule has 0 saturated heterocycles. The van der Waals surface area contributed by atoms with Crippen LogP contribution in [0.3, 0.4) is 0 Å². The van der Waals surface area contributed by atoms with Gasteiger partial charge in [0, 0.05) is 5.56 Å². The van der Waals surface area contributed by atoms with Gasteiger partial charge in [0.05, 0.1) is 5.56 Å². The van der Waals surface area contributed by atoms with Crippen molar-refractivity contribution in [2.75, 3.05) is 0 Å². The number of aldehydes is 1. The number of carboxylic acids is 1. The summed E-state index contributed by atoms with van der Waals surface area (Å²) in [6, 6.07) is 6.57. The second-order valence-corrected chi connectivity index (χ2v) is 3.85. The molecule has 0 spiro atoms. The van der Waals surface area contributed by atoms with E-state index in [2.05, 4.69) is 5.16 Å². The van der Waals surface area contributed by atoms with Crippen molar-refractivity contribution in [3.8, 4) is 5.75 Å². The number of nitrogens with zero attached hydrogens (tertiary/aromatic N) is 1. The van der Waals surface area contributed by atoms with Crippen LogP contribution in [0, 0.1) is 6.92 Å². The van der Waals surface area contributed by atoms with Crippen LogP contribution >= 0.6 is 0 Å². The van der Waals surface area contributed by atoms with E-state index in [1.165, 1.54) is 0 Å². The van der Waals surface area contributed by atoms with Crippen LogP contribution in [0.15, 0.2) is 28.8 Å². The van der Waals surface area contributed by atoms with Crippen LogP contribution in [-0.2, 0) is 6.61 Å². The van der Waals surface area contributed by atoms with E-state index in [1.54, 1.807) is 31.2 Å². The molecular weight excluding hydrogens is 250 g/mol. The zero-order valence-electron chi connectivity index (χ0n) is 10.1. The number of rotatable bonds is 5. The number of carboxylic acid groups (broad SMARTS) is 1. The topological polar surface area (TPSA) is 89.6 Å². The second-order valence-electron chi connectivity index (χ2n) is 3.85. The van der Waals surface area contributed by atoms with E-state index in [1.807, 2.05) is 0 Å². The number of ether oxygens (including phenoxy) is 1. The molecule has 0 atom stereocenters. The number of carbonyl (C=O) groups excluding carboxylic acids is 1. The molecule has 0 saturated carbocycles. The average molecular weight is 261 g/mol. The van der Waals surface area contributed by atoms with Gasteiger partial charge in [-0.25, -0.2) is 4.79 Å². The Labute approximate surface area is 108 Å². The SMILES string of the molecule is Cc1onc(C(=O)O)c1COc1cccc(C=O)c1. The van der Waals surface area contributed by atoms with Crippen molar-refractivity contribution in [3.05, 3.63) is 46.8 Å². The smallest absolute Gasteiger partial charge is 0.358 e. The van der Waals surface area contributed by atoms with Gasteiger partial charge in [0.25, 0.3) is 0 Å². The molecule has 1 heterocycles. The molecular formula is C13H11NO5. The van der Waals surface area contributed by atoms with Crippen LogP contribution in [-0.4, -0.2) is 22.5 Å². The maximum atomic E-state index is 10.9. The lowest BCUT2D eigenvalue weighted by Crippen LogP contribution is -2.05. The van der Waals surface area contributed by atoms with Crippen LogP contribution in [0.5, 0.6) is 5.75 Å². The summed E-state index contributed by atoms with van der Waals surface area (Å²) in [4.78, 5) is 21.6. The molecule has 2 aromatic rings. The molecule has 0 aliphatic carbocycles. The summed E-state index contributed by atoms with van der Waals surface area (Å²) in [7, 11) is 0. The van der Waals surface area contributed by atoms with Crippen molar-refractivity contribution in [2.24, 2.45) is 0 Å². The van der Waals surface area contributed by atoms with Crippen molar-refractivity contribution in [3.63, 3.8) is 0 Å². The summed E-state index contributed by atoms with van der Waals surface area (Å²) in [6.45, 7) is 1.62. The number of hydrogen-bond acceptors (Lipinski definition) is 5. The lowest BCUT2D eigenvalue weighted by molar-refractivity contribution is 0.0683. The maximum absolute atomic E-state index is 10.9. The standard InChI is InChI=1S/C13H11NO5/c1-8-11(12(13(16)17)14-19-8)7-18-10-4-2-3-9(5-10)6-15/h2-6H,7H2,1H3,(H,16,17). The predicted octanol–water partition coefficient (Wildman–Crippen LogP) is 2.07. The van der Waals surface area contributed by atoms with Crippen LogP contribution < -0.4 is 4.74 Å². The van der Waals surface area contributed by atoms with Gasteiger partial charge in [0.1, 0.15) is 24.4 Å². The maximum Gasteiger partial charge on any atom is 0.358 e. The fraction of sp³-hybridized carbons (Fsp3) is 0.154. The minimum atomic E-state index is -1.17. The molecule has 6 nitrogen and oxygen atoms in total. The van der Waals surface area contributed by atoms with Gasteiger partial charge in [-0.3, -0.25) is 4.79 Å². The Morgan fingerprint density at radius 1 is 1.53 bits per heavy atom. The zero-order chi connectivity index (χ0) is 13.8. The fourth-order valence-electron chi connectivity index (χ4n) is 1.56. The normalized spacial score (nSPS) is 10.2. The fourth-order valence-corrected chi connectivity index (χ4v) is 1.56. The number of carbonyl (C=O) groups is 2. The molecule has 0 fully saturated rings. The van der Waals surface area contributed by atoms with E-state index in [9.17, 15) is 9.59 Å². The lowest BCUT2D eigenvalue weighted by Gasteiger charge is -2.05. The Morgan fingerprint density at radius 3 is 3.00 bits per heavy atom. The molecule has 0 amide bonds. The molecule has 0 aliphatic heterocycles. The third-order valence-corrected chi connectivity index (χ3v) is 2.56. The van der Waals surface area contributed by atoms with Crippen molar-refractivity contribution in [1.29, 1.82) is 0 Å². The predicted molar refractivity (Wildman–Crippen MR) is 64.4 cm³/mol. The third-order valence-electron chi connectivity index (χ3n) is 2.56. The Hall–Kier alpha value is -2.63. The summed E-state index contributed by atoms with van der Waals surface area (Å²) in [6.07, 6.45) is 0.709. The minimum Gasteiger partial charge on any atom is -0.489 e. The molecule has 0 radical (unpaired) electrons. The summed E-state index contributed by atoms with van der Waals surface area (Å²) in [5.41, 5.74) is 0.700. The van der Waals surface area contributed by atoms with Crippen LogP contribution in [0.1, 0.15) is 32.2 Å². The molecule has 0 bridgehead atoms. The molecule has 98 valence electrons. The first kappa shape index (κ1) is 12.8. The number of benzene rings is 1. The summed E-state index contributed by atoms with van der Waals surface area (Å²) in [5.74, 6) is -0.303. The van der Waals surface area contributed by atoms with Gasteiger partial charge in [-0.05, 0) is 19.1 Å². The molecule has 0 unspecified atom stereocenters. The Morgan fingerprint density at radius 2 is 2.32 bits per heavy atom.